The maximum atomic E-state index is 2.40. The first-order valence-electron chi connectivity index (χ1n) is 8.77. The van der Waals surface area contributed by atoms with Gasteiger partial charge in [0.1, 0.15) is 0 Å². The van der Waals surface area contributed by atoms with E-state index in [1.165, 1.54) is 63.4 Å². The topological polar surface area (TPSA) is 0 Å². The number of hydrogen-bond donors (Lipinski definition) is 0. The molecule has 1 aliphatic rings. The summed E-state index contributed by atoms with van der Waals surface area (Å²) < 4.78 is 0. The van der Waals surface area contributed by atoms with Crippen LogP contribution in [0.15, 0.2) is 24.3 Å². The van der Waals surface area contributed by atoms with Crippen molar-refractivity contribution >= 4 is 10.8 Å². The summed E-state index contributed by atoms with van der Waals surface area (Å²) in [5.41, 5.74) is 11.9. The van der Waals surface area contributed by atoms with E-state index in [2.05, 4.69) is 65.8 Å². The molecule has 122 valence electrons. The fourth-order valence-electron chi connectivity index (χ4n) is 3.83. The average Bonchev–Trinajstić information content (AvgIpc) is 3.20. The van der Waals surface area contributed by atoms with E-state index in [4.69, 9.17) is 0 Å². The van der Waals surface area contributed by atoms with E-state index >= 15 is 0 Å². The van der Waals surface area contributed by atoms with Gasteiger partial charge in [-0.15, -0.1) is 28.5 Å². The molecular weight excluding hydrogens is 455 g/mol. The Kier molecular flexibility index (Phi) is 6.07. The molecule has 1 aliphatic carbocycles. The van der Waals surface area contributed by atoms with Gasteiger partial charge in [0.2, 0.25) is 0 Å². The molecular formula is C23H28Hf+2. The molecule has 3 aromatic carbocycles. The summed E-state index contributed by atoms with van der Waals surface area (Å²) in [6.45, 7) is 13.2. The van der Waals surface area contributed by atoms with Gasteiger partial charge >= 0.3 is 25.8 Å². The minimum atomic E-state index is 0. The molecule has 0 radical (unpaired) electrons. The van der Waals surface area contributed by atoms with E-state index in [-0.39, 0.29) is 25.8 Å². The van der Waals surface area contributed by atoms with Crippen LogP contribution in [0.25, 0.3) is 10.8 Å². The van der Waals surface area contributed by atoms with Gasteiger partial charge < -0.3 is 0 Å². The number of fused-ring (bicyclic) bond motifs is 2. The van der Waals surface area contributed by atoms with Gasteiger partial charge in [-0.05, 0) is 19.3 Å². The summed E-state index contributed by atoms with van der Waals surface area (Å²) >= 11 is 0. The molecule has 0 atom stereocenters. The average molecular weight is 483 g/mol. The van der Waals surface area contributed by atoms with Crippen molar-refractivity contribution < 1.29 is 25.8 Å². The minimum absolute atomic E-state index is 0. The van der Waals surface area contributed by atoms with Gasteiger partial charge in [0.15, 0.2) is 0 Å². The van der Waals surface area contributed by atoms with Crippen molar-refractivity contribution in [2.45, 2.75) is 60.8 Å². The van der Waals surface area contributed by atoms with Crippen LogP contribution in [-0.2, 0) is 38.7 Å². The van der Waals surface area contributed by atoms with Gasteiger partial charge in [0, 0.05) is 0 Å². The molecule has 0 spiro atoms. The molecule has 0 saturated carbocycles. The molecule has 0 aliphatic heterocycles. The van der Waals surface area contributed by atoms with Crippen LogP contribution in [0.3, 0.4) is 0 Å². The Morgan fingerprint density at radius 1 is 0.833 bits per heavy atom. The van der Waals surface area contributed by atoms with E-state index in [0.29, 0.717) is 0 Å². The molecule has 24 heavy (non-hydrogen) atoms. The van der Waals surface area contributed by atoms with Gasteiger partial charge in [-0.2, -0.15) is 39.9 Å². The monoisotopic (exact) mass is 484 g/mol. The van der Waals surface area contributed by atoms with Crippen LogP contribution in [0.2, 0.25) is 0 Å². The van der Waals surface area contributed by atoms with Gasteiger partial charge in [-0.3, -0.25) is 0 Å². The van der Waals surface area contributed by atoms with Gasteiger partial charge in [-0.25, -0.2) is 0 Å². The molecule has 0 nitrogen and oxygen atoms in total. The first-order chi connectivity index (χ1) is 10.9. The Morgan fingerprint density at radius 2 is 1.38 bits per heavy atom. The van der Waals surface area contributed by atoms with E-state index in [0.717, 1.165) is 0 Å². The zero-order chi connectivity index (χ0) is 16.7. The van der Waals surface area contributed by atoms with Crippen molar-refractivity contribution in [2.75, 3.05) is 0 Å². The van der Waals surface area contributed by atoms with Crippen LogP contribution < -0.4 is 0 Å². The summed E-state index contributed by atoms with van der Waals surface area (Å²) in [5.74, 6) is 0. The van der Waals surface area contributed by atoms with Crippen molar-refractivity contribution in [3.63, 3.8) is 0 Å². The van der Waals surface area contributed by atoms with Crippen molar-refractivity contribution in [3.8, 4) is 0 Å². The van der Waals surface area contributed by atoms with Crippen LogP contribution >= 0.6 is 0 Å². The third-order valence-electron chi connectivity index (χ3n) is 6.01. The Labute approximate surface area is 165 Å². The van der Waals surface area contributed by atoms with E-state index in [9.17, 15) is 0 Å². The number of benzene rings is 1. The second-order valence-electron chi connectivity index (χ2n) is 7.20. The zero-order valence-corrected chi connectivity index (χ0v) is 19.5. The molecule has 0 aromatic heterocycles. The van der Waals surface area contributed by atoms with Crippen molar-refractivity contribution in [3.05, 3.63) is 68.8 Å². The Bertz CT molecular complexity index is 778. The quantitative estimate of drug-likeness (QED) is 0.260. The van der Waals surface area contributed by atoms with Crippen LogP contribution in [-0.4, -0.2) is 0 Å². The maximum Gasteiger partial charge on any atom is 4.00 e. The second-order valence-corrected chi connectivity index (χ2v) is 7.20. The molecule has 3 aromatic rings. The van der Waals surface area contributed by atoms with Crippen molar-refractivity contribution in [1.29, 1.82) is 0 Å². The fraction of sp³-hybridized carbons (Fsp3) is 0.391. The summed E-state index contributed by atoms with van der Waals surface area (Å²) in [6, 6.07) is 9.24. The van der Waals surface area contributed by atoms with E-state index < -0.39 is 0 Å². The first kappa shape index (κ1) is 19.4. The molecule has 0 heterocycles. The smallest absolute Gasteiger partial charge is 0.196 e. The standard InChI is InChI=1S/C13H13.C10H15.Hf/c1-9-5-6-12-7-10-3-2-4-11(10)8-13(9)12;1-6-7(2)9(4)10(5)8(6)3;/h5-8H,2-4H2,1H3;1-5H3;/q2*-1;+4. The zero-order valence-electron chi connectivity index (χ0n) is 15.9. The number of rotatable bonds is 0. The van der Waals surface area contributed by atoms with Gasteiger partial charge in [-0.1, -0.05) is 52.7 Å². The first-order valence-corrected chi connectivity index (χ1v) is 8.77. The third-order valence-corrected chi connectivity index (χ3v) is 6.01. The molecule has 0 bridgehead atoms. The number of hydrogen-bond acceptors (Lipinski definition) is 0. The Balaban J connectivity index is 0.000000173. The Morgan fingerprint density at radius 3 is 1.88 bits per heavy atom. The predicted molar refractivity (Wildman–Crippen MR) is 102 cm³/mol. The summed E-state index contributed by atoms with van der Waals surface area (Å²) in [4.78, 5) is 0. The summed E-state index contributed by atoms with van der Waals surface area (Å²) in [7, 11) is 0. The minimum Gasteiger partial charge on any atom is -0.196 e. The predicted octanol–water partition coefficient (Wildman–Crippen LogP) is 6.30. The molecule has 1 heteroatoms. The van der Waals surface area contributed by atoms with Crippen LogP contribution in [0.4, 0.5) is 0 Å². The molecule has 0 N–H and O–H groups in total. The van der Waals surface area contributed by atoms with Crippen molar-refractivity contribution in [2.24, 2.45) is 0 Å². The second kappa shape index (κ2) is 7.52. The summed E-state index contributed by atoms with van der Waals surface area (Å²) in [5, 5.41) is 2.89. The van der Waals surface area contributed by atoms with Gasteiger partial charge in [0.05, 0.1) is 0 Å². The largest absolute Gasteiger partial charge is 4.00 e. The fourth-order valence-corrected chi connectivity index (χ4v) is 3.83. The molecule has 4 rings (SSSR count). The van der Waals surface area contributed by atoms with E-state index in [1.807, 2.05) is 0 Å². The van der Waals surface area contributed by atoms with Crippen LogP contribution in [0, 0.1) is 41.5 Å². The summed E-state index contributed by atoms with van der Waals surface area (Å²) in [6.07, 6.45) is 3.92. The molecule has 0 amide bonds. The van der Waals surface area contributed by atoms with Crippen molar-refractivity contribution in [1.82, 2.24) is 0 Å². The van der Waals surface area contributed by atoms with Gasteiger partial charge in [0.25, 0.3) is 0 Å². The van der Waals surface area contributed by atoms with Crippen LogP contribution in [0.1, 0.15) is 50.9 Å². The third kappa shape index (κ3) is 3.38. The SMILES string of the molecule is C[c-]1ccc2cc3c(cc21)CCC3.Cc1c(C)c(C)[c-](C)c1C.[Hf+4]. The normalized spacial score (nSPS) is 12.6. The maximum absolute atomic E-state index is 2.40. The molecule has 0 unspecified atom stereocenters. The molecule has 0 fully saturated rings. The molecule has 0 saturated heterocycles. The van der Waals surface area contributed by atoms with E-state index in [1.54, 1.807) is 11.1 Å². The Hall–Kier alpha value is -0.950. The van der Waals surface area contributed by atoms with Crippen LogP contribution in [0.5, 0.6) is 0 Å². The number of aryl methyl sites for hydroxylation is 3.